The fraction of sp³-hybridized carbons (Fsp3) is 0. The summed E-state index contributed by atoms with van der Waals surface area (Å²) < 4.78 is 1.33. The molecule has 0 saturated heterocycles. The smallest absolute Gasteiger partial charge is 0.318 e. The summed E-state index contributed by atoms with van der Waals surface area (Å²) in [5.41, 5.74) is -0.346. The maximum absolute atomic E-state index is 11.2. The van der Waals surface area contributed by atoms with E-state index in [0.29, 0.717) is 5.82 Å². The Kier molecular flexibility index (Phi) is 4.00. The highest BCUT2D eigenvalue weighted by Gasteiger charge is 2.24. The zero-order valence-electron chi connectivity index (χ0n) is 11.8. The van der Waals surface area contributed by atoms with E-state index in [1.165, 1.54) is 10.9 Å². The topological polar surface area (TPSA) is 135 Å². The first-order valence-electron chi connectivity index (χ1n) is 6.43. The van der Waals surface area contributed by atoms with Crippen molar-refractivity contribution in [1.29, 1.82) is 5.26 Å². The van der Waals surface area contributed by atoms with Gasteiger partial charge in [-0.3, -0.25) is 10.1 Å². The number of anilines is 2. The molecule has 0 aliphatic carbocycles. The van der Waals surface area contributed by atoms with Gasteiger partial charge in [-0.05, 0) is 12.1 Å². The number of rotatable bonds is 4. The predicted octanol–water partition coefficient (Wildman–Crippen LogP) is 2.23. The Bertz CT molecular complexity index is 950. The summed E-state index contributed by atoms with van der Waals surface area (Å²) in [6, 6.07) is 7.08. The van der Waals surface area contributed by atoms with Gasteiger partial charge in [0.1, 0.15) is 18.0 Å². The first kappa shape index (κ1) is 15.3. The predicted molar refractivity (Wildman–Crippen MR) is 83.1 cm³/mol. The monoisotopic (exact) mass is 342 g/mol. The molecule has 24 heavy (non-hydrogen) atoms. The summed E-state index contributed by atoms with van der Waals surface area (Å²) in [7, 11) is 0. The molecular formula is C13H7ClN8O2. The third-order valence-corrected chi connectivity index (χ3v) is 3.23. The summed E-state index contributed by atoms with van der Waals surface area (Å²) in [6.45, 7) is 0. The Morgan fingerprint density at radius 3 is 2.83 bits per heavy atom. The van der Waals surface area contributed by atoms with Crippen molar-refractivity contribution in [1.82, 2.24) is 24.7 Å². The quantitative estimate of drug-likeness (QED) is 0.433. The van der Waals surface area contributed by atoms with E-state index in [-0.39, 0.29) is 22.4 Å². The number of hydrogen-bond acceptors (Lipinski definition) is 8. The van der Waals surface area contributed by atoms with Crippen molar-refractivity contribution in [2.24, 2.45) is 0 Å². The first-order chi connectivity index (χ1) is 11.6. The molecule has 0 unspecified atom stereocenters. The second kappa shape index (κ2) is 6.27. The molecule has 0 fully saturated rings. The second-order valence-corrected chi connectivity index (χ2v) is 4.72. The SMILES string of the molecule is N#Cc1cnn(-c2ccccn2)c1Nc1ncnc(Cl)c1[N+](=O)[O-]. The molecule has 0 atom stereocenters. The number of halogens is 1. The summed E-state index contributed by atoms with van der Waals surface area (Å²) in [5, 5.41) is 26.9. The first-order valence-corrected chi connectivity index (χ1v) is 6.81. The van der Waals surface area contributed by atoms with Crippen LogP contribution in [0.4, 0.5) is 17.3 Å². The number of aromatic nitrogens is 5. The van der Waals surface area contributed by atoms with Crippen LogP contribution >= 0.6 is 11.6 Å². The molecule has 3 aromatic rings. The van der Waals surface area contributed by atoms with Crippen LogP contribution in [0, 0.1) is 21.4 Å². The highest BCUT2D eigenvalue weighted by atomic mass is 35.5. The maximum Gasteiger partial charge on any atom is 0.348 e. The van der Waals surface area contributed by atoms with Gasteiger partial charge in [-0.1, -0.05) is 17.7 Å². The van der Waals surface area contributed by atoms with Gasteiger partial charge in [-0.25, -0.2) is 15.0 Å². The second-order valence-electron chi connectivity index (χ2n) is 4.36. The average Bonchev–Trinajstić information content (AvgIpc) is 2.98. The molecule has 0 saturated carbocycles. The van der Waals surface area contributed by atoms with Crippen molar-refractivity contribution >= 4 is 28.9 Å². The standard InChI is InChI=1S/C13H7ClN8O2/c14-11-10(22(23)24)12(18-7-17-11)20-13-8(5-15)6-19-21(13)9-3-1-2-4-16-9/h1-4,6-7H,(H,17,18,20). The Labute approximate surface area is 139 Å². The Hall–Kier alpha value is -3.58. The molecule has 0 aliphatic rings. The third kappa shape index (κ3) is 2.71. The van der Waals surface area contributed by atoms with Crippen LogP contribution in [0.25, 0.3) is 5.82 Å². The van der Waals surface area contributed by atoms with E-state index in [1.807, 2.05) is 6.07 Å². The molecular weight excluding hydrogens is 336 g/mol. The minimum atomic E-state index is -0.710. The number of nitro groups is 1. The van der Waals surface area contributed by atoms with Gasteiger partial charge in [-0.15, -0.1) is 0 Å². The largest absolute Gasteiger partial charge is 0.348 e. The fourth-order valence-corrected chi connectivity index (χ4v) is 2.13. The van der Waals surface area contributed by atoms with Crippen molar-refractivity contribution in [3.05, 3.63) is 57.8 Å². The van der Waals surface area contributed by atoms with Crippen LogP contribution in [0.15, 0.2) is 36.9 Å². The molecule has 0 spiro atoms. The lowest BCUT2D eigenvalue weighted by Crippen LogP contribution is -2.08. The van der Waals surface area contributed by atoms with E-state index >= 15 is 0 Å². The van der Waals surface area contributed by atoms with Crippen LogP contribution in [0.5, 0.6) is 0 Å². The highest BCUT2D eigenvalue weighted by Crippen LogP contribution is 2.32. The fourth-order valence-electron chi connectivity index (χ4n) is 1.93. The summed E-state index contributed by atoms with van der Waals surface area (Å²) in [4.78, 5) is 22.0. The molecule has 0 amide bonds. The van der Waals surface area contributed by atoms with Crippen LogP contribution in [0.3, 0.4) is 0 Å². The molecule has 0 aromatic carbocycles. The summed E-state index contributed by atoms with van der Waals surface area (Å²) in [6.07, 6.45) is 3.94. The van der Waals surface area contributed by atoms with Gasteiger partial charge in [0, 0.05) is 6.20 Å². The van der Waals surface area contributed by atoms with E-state index in [2.05, 4.69) is 25.4 Å². The van der Waals surface area contributed by atoms with Gasteiger partial charge in [0.15, 0.2) is 11.6 Å². The zero-order valence-corrected chi connectivity index (χ0v) is 12.5. The number of pyridine rings is 1. The lowest BCUT2D eigenvalue weighted by atomic mass is 10.3. The van der Waals surface area contributed by atoms with Crippen LogP contribution < -0.4 is 5.32 Å². The normalized spacial score (nSPS) is 10.2. The van der Waals surface area contributed by atoms with Crippen molar-refractivity contribution in [3.63, 3.8) is 0 Å². The van der Waals surface area contributed by atoms with Crippen molar-refractivity contribution in [2.75, 3.05) is 5.32 Å². The van der Waals surface area contributed by atoms with Crippen molar-refractivity contribution < 1.29 is 4.92 Å². The Morgan fingerprint density at radius 2 is 2.17 bits per heavy atom. The Balaban J connectivity index is 2.12. The average molecular weight is 343 g/mol. The van der Waals surface area contributed by atoms with Gasteiger partial charge in [-0.2, -0.15) is 15.0 Å². The molecule has 3 heterocycles. The molecule has 1 N–H and O–H groups in total. The number of nitrogens with one attached hydrogen (secondary N) is 1. The lowest BCUT2D eigenvalue weighted by Gasteiger charge is -2.09. The van der Waals surface area contributed by atoms with E-state index in [9.17, 15) is 15.4 Å². The van der Waals surface area contributed by atoms with Crippen LogP contribution in [0.1, 0.15) is 5.56 Å². The minimum absolute atomic E-state index is 0.157. The summed E-state index contributed by atoms with van der Waals surface area (Å²) >= 11 is 5.76. The van der Waals surface area contributed by atoms with E-state index in [0.717, 1.165) is 6.33 Å². The van der Waals surface area contributed by atoms with Gasteiger partial charge in [0.2, 0.25) is 11.0 Å². The number of hydrogen-bond donors (Lipinski definition) is 1. The van der Waals surface area contributed by atoms with Crippen LogP contribution in [-0.2, 0) is 0 Å². The van der Waals surface area contributed by atoms with Crippen LogP contribution in [0.2, 0.25) is 5.15 Å². The van der Waals surface area contributed by atoms with E-state index in [1.54, 1.807) is 24.4 Å². The molecule has 3 aromatic heterocycles. The minimum Gasteiger partial charge on any atom is -0.318 e. The van der Waals surface area contributed by atoms with Crippen molar-refractivity contribution in [3.8, 4) is 11.9 Å². The molecule has 3 rings (SSSR count). The van der Waals surface area contributed by atoms with Crippen LogP contribution in [-0.4, -0.2) is 29.7 Å². The molecule has 11 heteroatoms. The Morgan fingerprint density at radius 1 is 1.33 bits per heavy atom. The molecule has 0 bridgehead atoms. The van der Waals surface area contributed by atoms with Crippen molar-refractivity contribution in [2.45, 2.75) is 0 Å². The van der Waals surface area contributed by atoms with Gasteiger partial charge in [0.25, 0.3) is 0 Å². The molecule has 0 radical (unpaired) electrons. The number of nitrogens with zero attached hydrogens (tertiary/aromatic N) is 7. The zero-order chi connectivity index (χ0) is 17.1. The summed E-state index contributed by atoms with van der Waals surface area (Å²) in [5.74, 6) is 0.438. The van der Waals surface area contributed by atoms with Gasteiger partial charge < -0.3 is 5.32 Å². The highest BCUT2D eigenvalue weighted by molar-refractivity contribution is 6.31. The lowest BCUT2D eigenvalue weighted by molar-refractivity contribution is -0.384. The molecule has 0 aliphatic heterocycles. The van der Waals surface area contributed by atoms with Gasteiger partial charge >= 0.3 is 5.69 Å². The number of nitriles is 1. The van der Waals surface area contributed by atoms with Gasteiger partial charge in [0.05, 0.1) is 11.1 Å². The third-order valence-electron chi connectivity index (χ3n) is 2.95. The van der Waals surface area contributed by atoms with E-state index < -0.39 is 10.6 Å². The maximum atomic E-state index is 11.2. The molecule has 10 nitrogen and oxygen atoms in total. The molecule has 118 valence electrons. The van der Waals surface area contributed by atoms with E-state index in [4.69, 9.17) is 11.6 Å².